The summed E-state index contributed by atoms with van der Waals surface area (Å²) in [6.07, 6.45) is 2.61. The van der Waals surface area contributed by atoms with Gasteiger partial charge in [-0.15, -0.1) is 0 Å². The largest absolute Gasteiger partial charge is 0.486 e. The van der Waals surface area contributed by atoms with Gasteiger partial charge >= 0.3 is 0 Å². The predicted octanol–water partition coefficient (Wildman–Crippen LogP) is 2.09. The topological polar surface area (TPSA) is 40.2 Å². The average Bonchev–Trinajstić information content (AvgIpc) is 3.05. The zero-order chi connectivity index (χ0) is 15.2. The van der Waals surface area contributed by atoms with Gasteiger partial charge in [0.1, 0.15) is 13.2 Å². The molecule has 2 aliphatic rings. The Labute approximate surface area is 132 Å². The average molecular weight is 307 g/mol. The van der Waals surface area contributed by atoms with Crippen LogP contribution in [0.5, 0.6) is 11.5 Å². The van der Waals surface area contributed by atoms with E-state index in [1.807, 2.05) is 6.07 Å². The van der Waals surface area contributed by atoms with Crippen LogP contribution in [0.3, 0.4) is 0 Å². The summed E-state index contributed by atoms with van der Waals surface area (Å²) in [5.74, 6) is 1.70. The highest BCUT2D eigenvalue weighted by molar-refractivity contribution is 5.43. The van der Waals surface area contributed by atoms with E-state index >= 15 is 0 Å². The number of likely N-dealkylation sites (N-methyl/N-ethyl adjacent to an activating group) is 1. The van der Waals surface area contributed by atoms with Crippen LogP contribution in [-0.4, -0.2) is 57.6 Å². The van der Waals surface area contributed by atoms with Crippen molar-refractivity contribution in [1.82, 2.24) is 4.90 Å². The lowest BCUT2D eigenvalue weighted by molar-refractivity contribution is 0.0117. The molecule has 1 saturated heterocycles. The van der Waals surface area contributed by atoms with Gasteiger partial charge < -0.3 is 18.9 Å². The lowest BCUT2D eigenvalue weighted by Crippen LogP contribution is -2.25. The Bertz CT molecular complexity index is 474. The molecule has 0 aromatic heterocycles. The molecular weight excluding hydrogens is 282 g/mol. The van der Waals surface area contributed by atoms with E-state index in [9.17, 15) is 0 Å². The predicted molar refractivity (Wildman–Crippen MR) is 83.6 cm³/mol. The molecule has 0 amide bonds. The standard InChI is InChI=1S/C17H25NO4/c1-18(6-8-19-13-15-3-2-7-20-15)12-14-4-5-16-17(11-14)22-10-9-21-16/h4-5,11,15H,2-3,6-10,12-13H2,1H3. The molecule has 2 aliphatic heterocycles. The maximum Gasteiger partial charge on any atom is 0.161 e. The molecule has 0 aliphatic carbocycles. The van der Waals surface area contributed by atoms with Gasteiger partial charge in [0.15, 0.2) is 11.5 Å². The summed E-state index contributed by atoms with van der Waals surface area (Å²) in [5.41, 5.74) is 1.23. The van der Waals surface area contributed by atoms with Crippen molar-refractivity contribution >= 4 is 0 Å². The number of fused-ring (bicyclic) bond motifs is 1. The molecule has 5 nitrogen and oxygen atoms in total. The molecule has 0 bridgehead atoms. The molecule has 2 heterocycles. The Balaban J connectivity index is 1.38. The Kier molecular flexibility index (Phi) is 5.53. The van der Waals surface area contributed by atoms with E-state index in [4.69, 9.17) is 18.9 Å². The van der Waals surface area contributed by atoms with Crippen molar-refractivity contribution in [3.63, 3.8) is 0 Å². The molecule has 1 aromatic carbocycles. The normalized spacial score (nSPS) is 20.5. The molecule has 22 heavy (non-hydrogen) atoms. The highest BCUT2D eigenvalue weighted by Crippen LogP contribution is 2.30. The lowest BCUT2D eigenvalue weighted by Gasteiger charge is -2.21. The summed E-state index contributed by atoms with van der Waals surface area (Å²) in [5, 5.41) is 0. The van der Waals surface area contributed by atoms with Crippen LogP contribution in [0.25, 0.3) is 0 Å². The first-order valence-electron chi connectivity index (χ1n) is 8.08. The maximum absolute atomic E-state index is 5.71. The fourth-order valence-corrected chi connectivity index (χ4v) is 2.79. The molecule has 3 rings (SSSR count). The van der Waals surface area contributed by atoms with Gasteiger partial charge in [-0.05, 0) is 37.6 Å². The fourth-order valence-electron chi connectivity index (χ4n) is 2.79. The van der Waals surface area contributed by atoms with Crippen molar-refractivity contribution in [3.05, 3.63) is 23.8 Å². The summed E-state index contributed by atoms with van der Waals surface area (Å²) in [6.45, 7) is 5.38. The van der Waals surface area contributed by atoms with Crippen LogP contribution < -0.4 is 9.47 Å². The van der Waals surface area contributed by atoms with E-state index in [2.05, 4.69) is 24.1 Å². The SMILES string of the molecule is CN(CCOCC1CCCO1)Cc1ccc2c(c1)OCCO2. The molecule has 1 aromatic rings. The second kappa shape index (κ2) is 7.81. The quantitative estimate of drug-likeness (QED) is 0.721. The van der Waals surface area contributed by atoms with Crippen LogP contribution in [0.15, 0.2) is 18.2 Å². The monoisotopic (exact) mass is 307 g/mol. The van der Waals surface area contributed by atoms with E-state index < -0.39 is 0 Å². The van der Waals surface area contributed by atoms with E-state index in [1.54, 1.807) is 0 Å². The van der Waals surface area contributed by atoms with Crippen molar-refractivity contribution < 1.29 is 18.9 Å². The summed E-state index contributed by atoms with van der Waals surface area (Å²) in [6, 6.07) is 6.15. The molecule has 0 N–H and O–H groups in total. The van der Waals surface area contributed by atoms with Gasteiger partial charge in [-0.1, -0.05) is 6.07 Å². The molecule has 0 saturated carbocycles. The Hall–Kier alpha value is -1.30. The van der Waals surface area contributed by atoms with Crippen LogP contribution in [0, 0.1) is 0 Å². The van der Waals surface area contributed by atoms with E-state index in [0.717, 1.165) is 57.3 Å². The first kappa shape index (κ1) is 15.6. The van der Waals surface area contributed by atoms with E-state index in [1.165, 1.54) is 5.56 Å². The molecular formula is C17H25NO4. The number of hydrogen-bond donors (Lipinski definition) is 0. The minimum Gasteiger partial charge on any atom is -0.486 e. The maximum atomic E-state index is 5.71. The van der Waals surface area contributed by atoms with Gasteiger partial charge in [-0.2, -0.15) is 0 Å². The molecule has 1 unspecified atom stereocenters. The smallest absolute Gasteiger partial charge is 0.161 e. The minimum atomic E-state index is 0.308. The van der Waals surface area contributed by atoms with Crippen LogP contribution in [0.4, 0.5) is 0 Å². The second-order valence-corrected chi connectivity index (χ2v) is 5.93. The number of hydrogen-bond acceptors (Lipinski definition) is 5. The second-order valence-electron chi connectivity index (χ2n) is 5.93. The fraction of sp³-hybridized carbons (Fsp3) is 0.647. The third-order valence-corrected chi connectivity index (χ3v) is 4.00. The van der Waals surface area contributed by atoms with Crippen molar-refractivity contribution in [2.75, 3.05) is 46.6 Å². The highest BCUT2D eigenvalue weighted by atomic mass is 16.6. The third kappa shape index (κ3) is 4.35. The molecule has 5 heteroatoms. The van der Waals surface area contributed by atoms with Crippen LogP contribution >= 0.6 is 0 Å². The number of benzene rings is 1. The van der Waals surface area contributed by atoms with E-state index in [0.29, 0.717) is 19.3 Å². The van der Waals surface area contributed by atoms with Crippen molar-refractivity contribution in [2.24, 2.45) is 0 Å². The summed E-state index contributed by atoms with van der Waals surface area (Å²) in [7, 11) is 2.10. The Morgan fingerprint density at radius 2 is 2.05 bits per heavy atom. The van der Waals surface area contributed by atoms with Gasteiger partial charge in [0, 0.05) is 19.7 Å². The Morgan fingerprint density at radius 1 is 1.18 bits per heavy atom. The van der Waals surface area contributed by atoms with Gasteiger partial charge in [-0.25, -0.2) is 0 Å². The molecule has 1 atom stereocenters. The van der Waals surface area contributed by atoms with Crippen LogP contribution in [-0.2, 0) is 16.0 Å². The van der Waals surface area contributed by atoms with Crippen molar-refractivity contribution in [2.45, 2.75) is 25.5 Å². The van der Waals surface area contributed by atoms with Crippen molar-refractivity contribution in [3.8, 4) is 11.5 Å². The van der Waals surface area contributed by atoms with Gasteiger partial charge in [-0.3, -0.25) is 4.90 Å². The molecule has 0 spiro atoms. The third-order valence-electron chi connectivity index (χ3n) is 4.00. The zero-order valence-electron chi connectivity index (χ0n) is 13.3. The summed E-state index contributed by atoms with van der Waals surface area (Å²) >= 11 is 0. The van der Waals surface area contributed by atoms with Gasteiger partial charge in [0.05, 0.1) is 19.3 Å². The molecule has 1 fully saturated rings. The van der Waals surface area contributed by atoms with Crippen molar-refractivity contribution in [1.29, 1.82) is 0 Å². The number of ether oxygens (including phenoxy) is 4. The number of nitrogens with zero attached hydrogens (tertiary/aromatic N) is 1. The minimum absolute atomic E-state index is 0.308. The number of rotatable bonds is 7. The Morgan fingerprint density at radius 3 is 2.86 bits per heavy atom. The van der Waals surface area contributed by atoms with Crippen LogP contribution in [0.1, 0.15) is 18.4 Å². The van der Waals surface area contributed by atoms with Gasteiger partial charge in [0.2, 0.25) is 0 Å². The molecule has 122 valence electrons. The lowest BCUT2D eigenvalue weighted by atomic mass is 10.2. The highest BCUT2D eigenvalue weighted by Gasteiger charge is 2.15. The van der Waals surface area contributed by atoms with Crippen LogP contribution in [0.2, 0.25) is 0 Å². The first-order chi connectivity index (χ1) is 10.8. The zero-order valence-corrected chi connectivity index (χ0v) is 13.3. The summed E-state index contributed by atoms with van der Waals surface area (Å²) < 4.78 is 22.4. The van der Waals surface area contributed by atoms with Gasteiger partial charge in [0.25, 0.3) is 0 Å². The summed E-state index contributed by atoms with van der Waals surface area (Å²) in [4.78, 5) is 2.25. The first-order valence-corrected chi connectivity index (χ1v) is 8.08. The van der Waals surface area contributed by atoms with E-state index in [-0.39, 0.29) is 0 Å². The molecule has 0 radical (unpaired) electrons.